The van der Waals surface area contributed by atoms with Gasteiger partial charge in [0.15, 0.2) is 0 Å². The lowest BCUT2D eigenvalue weighted by Crippen LogP contribution is -2.19. The number of halogens is 1. The summed E-state index contributed by atoms with van der Waals surface area (Å²) in [6, 6.07) is 8.43. The van der Waals surface area contributed by atoms with Crippen molar-refractivity contribution in [2.45, 2.75) is 25.4 Å². The van der Waals surface area contributed by atoms with Gasteiger partial charge in [0.1, 0.15) is 11.9 Å². The van der Waals surface area contributed by atoms with Crippen LogP contribution in [0.1, 0.15) is 24.8 Å². The van der Waals surface area contributed by atoms with Gasteiger partial charge in [0.2, 0.25) is 0 Å². The van der Waals surface area contributed by atoms with Gasteiger partial charge in [-0.25, -0.2) is 0 Å². The van der Waals surface area contributed by atoms with E-state index in [1.807, 2.05) is 0 Å². The molecular weight excluding hydrogens is 302 g/mol. The van der Waals surface area contributed by atoms with Crippen LogP contribution >= 0.6 is 15.9 Å². The molecule has 1 aromatic carbocycles. The molecule has 1 aliphatic carbocycles. The number of nitrogens with one attached hydrogen (secondary N) is 1. The number of hydrogen-bond acceptors (Lipinski definition) is 2. The van der Waals surface area contributed by atoms with E-state index in [4.69, 9.17) is 4.74 Å². The third-order valence-corrected chi connectivity index (χ3v) is 4.41. The van der Waals surface area contributed by atoms with Gasteiger partial charge < -0.3 is 10.1 Å². The summed E-state index contributed by atoms with van der Waals surface area (Å²) in [5.41, 5.74) is 2.54. The van der Waals surface area contributed by atoms with Crippen LogP contribution < -0.4 is 10.1 Å². The molecule has 19 heavy (non-hydrogen) atoms. The third-order valence-electron chi connectivity index (χ3n) is 3.59. The van der Waals surface area contributed by atoms with Crippen LogP contribution in [0.3, 0.4) is 0 Å². The molecule has 1 atom stereocenters. The van der Waals surface area contributed by atoms with Crippen molar-refractivity contribution in [3.63, 3.8) is 0 Å². The summed E-state index contributed by atoms with van der Waals surface area (Å²) in [5.74, 6) is 0.967. The van der Waals surface area contributed by atoms with E-state index >= 15 is 0 Å². The van der Waals surface area contributed by atoms with Crippen molar-refractivity contribution >= 4 is 21.5 Å². The Morgan fingerprint density at radius 1 is 1.21 bits per heavy atom. The minimum absolute atomic E-state index is 0.325. The molecule has 1 heterocycles. The summed E-state index contributed by atoms with van der Waals surface area (Å²) < 4.78 is 7.23. The third kappa shape index (κ3) is 3.10. The molecule has 1 aliphatic heterocycles. The Kier molecular flexibility index (Phi) is 4.04. The minimum atomic E-state index is 0.325. The molecule has 1 saturated heterocycles. The van der Waals surface area contributed by atoms with E-state index in [1.54, 1.807) is 0 Å². The lowest BCUT2D eigenvalue weighted by molar-refractivity contribution is 0.223. The molecule has 0 spiro atoms. The summed E-state index contributed by atoms with van der Waals surface area (Å²) in [5, 5.41) is 3.31. The first-order chi connectivity index (χ1) is 9.33. The molecule has 1 fully saturated rings. The molecule has 3 rings (SSSR count). The maximum absolute atomic E-state index is 5.94. The van der Waals surface area contributed by atoms with Gasteiger partial charge in [-0.3, -0.25) is 0 Å². The molecule has 3 heteroatoms. The lowest BCUT2D eigenvalue weighted by atomic mass is 9.99. The highest BCUT2D eigenvalue weighted by atomic mass is 79.9. The zero-order valence-corrected chi connectivity index (χ0v) is 12.4. The van der Waals surface area contributed by atoms with Gasteiger partial charge in [-0.1, -0.05) is 40.2 Å². The number of benzene rings is 1. The monoisotopic (exact) mass is 319 g/mol. The highest BCUT2D eigenvalue weighted by Crippen LogP contribution is 2.32. The second-order valence-electron chi connectivity index (χ2n) is 5.02. The summed E-state index contributed by atoms with van der Waals surface area (Å²) in [6.45, 7) is 2.02. The predicted molar refractivity (Wildman–Crippen MR) is 82.6 cm³/mol. The van der Waals surface area contributed by atoms with Crippen molar-refractivity contribution in [3.8, 4) is 5.75 Å². The Balaban J connectivity index is 1.73. The Hall–Kier alpha value is -1.06. The maximum Gasteiger partial charge on any atom is 0.119 e. The maximum atomic E-state index is 5.94. The number of ether oxygens (including phenoxy) is 1. The molecule has 0 unspecified atom stereocenters. The second-order valence-corrected chi connectivity index (χ2v) is 5.97. The quantitative estimate of drug-likeness (QED) is 0.912. The van der Waals surface area contributed by atoms with Crippen LogP contribution in [-0.2, 0) is 0 Å². The van der Waals surface area contributed by atoms with E-state index in [0.717, 1.165) is 38.1 Å². The molecular formula is C16H18BrNO. The average Bonchev–Trinajstić information content (AvgIpc) is 2.93. The smallest absolute Gasteiger partial charge is 0.119 e. The van der Waals surface area contributed by atoms with Crippen molar-refractivity contribution in [3.05, 3.63) is 46.5 Å². The fourth-order valence-corrected chi connectivity index (χ4v) is 3.11. The summed E-state index contributed by atoms with van der Waals surface area (Å²) >= 11 is 3.67. The molecule has 100 valence electrons. The van der Waals surface area contributed by atoms with E-state index in [0.29, 0.717) is 6.10 Å². The molecule has 1 N–H and O–H groups in total. The van der Waals surface area contributed by atoms with Gasteiger partial charge in [0, 0.05) is 11.0 Å². The Morgan fingerprint density at radius 3 is 2.74 bits per heavy atom. The van der Waals surface area contributed by atoms with Crippen molar-refractivity contribution in [2.75, 3.05) is 13.1 Å². The van der Waals surface area contributed by atoms with Crippen molar-refractivity contribution in [1.29, 1.82) is 0 Å². The van der Waals surface area contributed by atoms with Crippen LogP contribution in [0.4, 0.5) is 0 Å². The van der Waals surface area contributed by atoms with Gasteiger partial charge in [0.25, 0.3) is 0 Å². The van der Waals surface area contributed by atoms with E-state index in [2.05, 4.69) is 57.7 Å². The van der Waals surface area contributed by atoms with Gasteiger partial charge in [0.05, 0.1) is 0 Å². The molecule has 2 nitrogen and oxygen atoms in total. The van der Waals surface area contributed by atoms with Gasteiger partial charge in [-0.05, 0) is 49.1 Å². The van der Waals surface area contributed by atoms with Crippen LogP contribution in [0, 0.1) is 0 Å². The van der Waals surface area contributed by atoms with E-state index in [1.165, 1.54) is 15.6 Å². The van der Waals surface area contributed by atoms with Crippen LogP contribution in [0.15, 0.2) is 40.9 Å². The molecule has 0 amide bonds. The zero-order valence-electron chi connectivity index (χ0n) is 10.9. The highest BCUT2D eigenvalue weighted by molar-refractivity contribution is 9.11. The van der Waals surface area contributed by atoms with Crippen molar-refractivity contribution < 1.29 is 4.74 Å². The minimum Gasteiger partial charge on any atom is -0.489 e. The summed E-state index contributed by atoms with van der Waals surface area (Å²) in [4.78, 5) is 0. The SMILES string of the molecule is BrC1=C(c2ccc(O[C@H]3CCNC3)cc2)C=CCC1. The molecule has 0 saturated carbocycles. The van der Waals surface area contributed by atoms with E-state index < -0.39 is 0 Å². The van der Waals surface area contributed by atoms with Crippen LogP contribution in [-0.4, -0.2) is 19.2 Å². The molecule has 0 bridgehead atoms. The van der Waals surface area contributed by atoms with Crippen molar-refractivity contribution in [1.82, 2.24) is 5.32 Å². The average molecular weight is 320 g/mol. The number of rotatable bonds is 3. The predicted octanol–water partition coefficient (Wildman–Crippen LogP) is 3.88. The fraction of sp³-hybridized carbons (Fsp3) is 0.375. The van der Waals surface area contributed by atoms with Crippen LogP contribution in [0.2, 0.25) is 0 Å². The normalized spacial score (nSPS) is 22.9. The van der Waals surface area contributed by atoms with Crippen LogP contribution in [0.5, 0.6) is 5.75 Å². The first kappa shape index (κ1) is 12.9. The van der Waals surface area contributed by atoms with Crippen LogP contribution in [0.25, 0.3) is 5.57 Å². The Labute approximate surface area is 122 Å². The molecule has 0 radical (unpaired) electrons. The second kappa shape index (κ2) is 5.93. The van der Waals surface area contributed by atoms with E-state index in [-0.39, 0.29) is 0 Å². The van der Waals surface area contributed by atoms with Gasteiger partial charge >= 0.3 is 0 Å². The standard InChI is InChI=1S/C16H18BrNO/c17-16-4-2-1-3-15(16)12-5-7-13(8-6-12)19-14-9-10-18-11-14/h1,3,5-8,14,18H,2,4,9-11H2/t14-/m0/s1. The highest BCUT2D eigenvalue weighted by Gasteiger charge is 2.16. The van der Waals surface area contributed by atoms with E-state index in [9.17, 15) is 0 Å². The number of hydrogen-bond donors (Lipinski definition) is 1. The largest absolute Gasteiger partial charge is 0.489 e. The molecule has 2 aliphatic rings. The first-order valence-corrected chi connectivity index (χ1v) is 7.65. The number of allylic oxidation sites excluding steroid dienone is 4. The van der Waals surface area contributed by atoms with Gasteiger partial charge in [-0.2, -0.15) is 0 Å². The Morgan fingerprint density at radius 2 is 2.05 bits per heavy atom. The summed E-state index contributed by atoms with van der Waals surface area (Å²) in [7, 11) is 0. The zero-order chi connectivity index (χ0) is 13.1. The topological polar surface area (TPSA) is 21.3 Å². The fourth-order valence-electron chi connectivity index (χ4n) is 2.52. The van der Waals surface area contributed by atoms with Crippen molar-refractivity contribution in [2.24, 2.45) is 0 Å². The molecule has 1 aromatic rings. The summed E-state index contributed by atoms with van der Waals surface area (Å²) in [6.07, 6.45) is 8.07. The lowest BCUT2D eigenvalue weighted by Gasteiger charge is -2.14. The first-order valence-electron chi connectivity index (χ1n) is 6.86. The van der Waals surface area contributed by atoms with Gasteiger partial charge in [-0.15, -0.1) is 0 Å². The molecule has 0 aromatic heterocycles. The Bertz CT molecular complexity index is 498.